The van der Waals surface area contributed by atoms with Gasteiger partial charge in [-0.15, -0.1) is 0 Å². The van der Waals surface area contributed by atoms with Gasteiger partial charge < -0.3 is 26.3 Å². The Hall–Kier alpha value is -3.55. The number of nitrogen functional groups attached to an aromatic ring is 1. The van der Waals surface area contributed by atoms with Crippen LogP contribution in [0.4, 0.5) is 22.7 Å². The van der Waals surface area contributed by atoms with E-state index in [-0.39, 0.29) is 17.2 Å². The van der Waals surface area contributed by atoms with Crippen LogP contribution in [0.15, 0.2) is 36.4 Å². The molecule has 0 atom stereocenters. The van der Waals surface area contributed by atoms with Gasteiger partial charge in [0.25, 0.3) is 0 Å². The number of hydrogen-bond acceptors (Lipinski definition) is 5. The third kappa shape index (κ3) is 9.23. The Morgan fingerprint density at radius 3 is 2.00 bits per heavy atom. The largest absolute Gasteiger partial charge is 0.397 e. The second-order valence-corrected chi connectivity index (χ2v) is 13.5. The summed E-state index contributed by atoms with van der Waals surface area (Å²) in [7, 11) is 0. The average molecular weight is 603 g/mol. The molecule has 0 unspecified atom stereocenters. The molecule has 2 saturated carbocycles. The predicted molar refractivity (Wildman–Crippen MR) is 184 cm³/mol. The minimum Gasteiger partial charge on any atom is -0.397 e. The van der Waals surface area contributed by atoms with Crippen LogP contribution in [0, 0.1) is 11.8 Å². The molecule has 5 N–H and O–H groups in total. The zero-order valence-electron chi connectivity index (χ0n) is 27.6. The van der Waals surface area contributed by atoms with Crippen LogP contribution in [0.5, 0.6) is 0 Å². The molecular weight excluding hydrogens is 548 g/mol. The van der Waals surface area contributed by atoms with Gasteiger partial charge >= 0.3 is 0 Å². The SMILES string of the molecule is CC(=O)Nc1ccc(NCC2CCCCC2)c(N)c1.CCC(C)(C)c1nc2cc(NC(C)=O)ccc2n1CC1CCCCC1. The van der Waals surface area contributed by atoms with Gasteiger partial charge in [-0.05, 0) is 80.3 Å². The van der Waals surface area contributed by atoms with Crippen LogP contribution in [0.1, 0.15) is 111 Å². The summed E-state index contributed by atoms with van der Waals surface area (Å²) in [6.45, 7) is 11.9. The fourth-order valence-electron chi connectivity index (χ4n) is 6.55. The minimum atomic E-state index is -0.0812. The Bertz CT molecular complexity index is 1400. The fraction of sp³-hybridized carbons (Fsp3) is 0.583. The lowest BCUT2D eigenvalue weighted by Gasteiger charge is -2.27. The van der Waals surface area contributed by atoms with Crippen molar-refractivity contribution >= 4 is 45.6 Å². The van der Waals surface area contributed by atoms with E-state index in [1.54, 1.807) is 6.07 Å². The first-order valence-electron chi connectivity index (χ1n) is 16.7. The summed E-state index contributed by atoms with van der Waals surface area (Å²) < 4.78 is 2.45. The predicted octanol–water partition coefficient (Wildman–Crippen LogP) is 8.48. The molecule has 2 aromatic carbocycles. The first-order valence-corrected chi connectivity index (χ1v) is 16.7. The van der Waals surface area contributed by atoms with Gasteiger partial charge in [-0.3, -0.25) is 9.59 Å². The van der Waals surface area contributed by atoms with Crippen molar-refractivity contribution in [1.82, 2.24) is 9.55 Å². The highest BCUT2D eigenvalue weighted by atomic mass is 16.2. The van der Waals surface area contributed by atoms with Crippen LogP contribution < -0.4 is 21.7 Å². The van der Waals surface area contributed by atoms with E-state index in [9.17, 15) is 9.59 Å². The fourth-order valence-corrected chi connectivity index (χ4v) is 6.55. The summed E-state index contributed by atoms with van der Waals surface area (Å²) in [6, 6.07) is 11.7. The van der Waals surface area contributed by atoms with Gasteiger partial charge in [0.1, 0.15) is 5.82 Å². The zero-order valence-corrected chi connectivity index (χ0v) is 27.6. The van der Waals surface area contributed by atoms with Crippen molar-refractivity contribution in [2.45, 2.75) is 117 Å². The van der Waals surface area contributed by atoms with Gasteiger partial charge in [0.2, 0.25) is 11.8 Å². The minimum absolute atomic E-state index is 0.0435. The van der Waals surface area contributed by atoms with Crippen LogP contribution >= 0.6 is 0 Å². The summed E-state index contributed by atoms with van der Waals surface area (Å²) in [4.78, 5) is 27.3. The third-order valence-electron chi connectivity index (χ3n) is 9.40. The summed E-state index contributed by atoms with van der Waals surface area (Å²) in [5, 5.41) is 9.03. The number of imidazole rings is 1. The van der Waals surface area contributed by atoms with Crippen molar-refractivity contribution in [2.24, 2.45) is 11.8 Å². The maximum Gasteiger partial charge on any atom is 0.221 e. The molecule has 2 amide bonds. The third-order valence-corrected chi connectivity index (χ3v) is 9.40. The molecular formula is C36H54N6O2. The van der Waals surface area contributed by atoms with Gasteiger partial charge in [0.05, 0.1) is 22.4 Å². The molecule has 0 spiro atoms. The number of aromatic nitrogens is 2. The van der Waals surface area contributed by atoms with E-state index >= 15 is 0 Å². The molecule has 3 aromatic rings. The van der Waals surface area contributed by atoms with E-state index in [0.717, 1.165) is 53.9 Å². The molecule has 1 aromatic heterocycles. The van der Waals surface area contributed by atoms with Crippen LogP contribution in [0.2, 0.25) is 0 Å². The molecule has 8 nitrogen and oxygen atoms in total. The topological polar surface area (TPSA) is 114 Å². The van der Waals surface area contributed by atoms with Crippen molar-refractivity contribution in [3.63, 3.8) is 0 Å². The normalized spacial score (nSPS) is 16.2. The van der Waals surface area contributed by atoms with Crippen LogP contribution in [-0.2, 0) is 21.5 Å². The lowest BCUT2D eigenvalue weighted by atomic mass is 9.87. The number of carbonyl (C=O) groups excluding carboxylic acids is 2. The number of anilines is 4. The highest BCUT2D eigenvalue weighted by Gasteiger charge is 2.27. The Morgan fingerprint density at radius 2 is 1.43 bits per heavy atom. The first-order chi connectivity index (χ1) is 21.1. The number of fused-ring (bicyclic) bond motifs is 1. The van der Waals surface area contributed by atoms with E-state index in [4.69, 9.17) is 10.7 Å². The highest BCUT2D eigenvalue weighted by molar-refractivity contribution is 5.92. The summed E-state index contributed by atoms with van der Waals surface area (Å²) in [5.74, 6) is 2.57. The van der Waals surface area contributed by atoms with Gasteiger partial charge in [0.15, 0.2) is 0 Å². The van der Waals surface area contributed by atoms with E-state index in [1.165, 1.54) is 89.4 Å². The van der Waals surface area contributed by atoms with E-state index in [0.29, 0.717) is 5.69 Å². The van der Waals surface area contributed by atoms with Crippen molar-refractivity contribution in [3.05, 3.63) is 42.2 Å². The molecule has 0 aliphatic heterocycles. The zero-order chi connectivity index (χ0) is 31.7. The number of amides is 2. The summed E-state index contributed by atoms with van der Waals surface area (Å²) in [5.41, 5.74) is 11.4. The standard InChI is InChI=1S/C21H31N3O.C15H23N3O/c1-5-21(3,4)20-23-18-13-17(22-15(2)25)11-12-19(18)24(20)14-16-9-7-6-8-10-16;1-11(19)18-13-7-8-15(14(16)9-13)17-10-12-5-3-2-4-6-12/h11-13,16H,5-10,14H2,1-4H3,(H,22,25);7-9,12,17H,2-6,10,16H2,1H3,(H,18,19). The molecule has 5 rings (SSSR count). The van der Waals surface area contributed by atoms with Crippen molar-refractivity contribution in [2.75, 3.05) is 28.2 Å². The van der Waals surface area contributed by atoms with Gasteiger partial charge in [-0.2, -0.15) is 0 Å². The second kappa shape index (κ2) is 15.4. The number of nitrogens with zero attached hydrogens (tertiary/aromatic N) is 2. The molecule has 2 fully saturated rings. The number of hydrogen-bond donors (Lipinski definition) is 4. The Labute approximate surface area is 264 Å². The maximum atomic E-state index is 11.4. The molecule has 8 heteroatoms. The highest BCUT2D eigenvalue weighted by Crippen LogP contribution is 2.34. The van der Waals surface area contributed by atoms with E-state index in [1.807, 2.05) is 24.3 Å². The molecule has 2 aliphatic carbocycles. The number of rotatable bonds is 9. The Morgan fingerprint density at radius 1 is 0.864 bits per heavy atom. The summed E-state index contributed by atoms with van der Waals surface area (Å²) in [6.07, 6.45) is 14.5. The summed E-state index contributed by atoms with van der Waals surface area (Å²) >= 11 is 0. The van der Waals surface area contributed by atoms with Crippen LogP contribution in [-0.4, -0.2) is 27.9 Å². The molecule has 0 bridgehead atoms. The quantitative estimate of drug-likeness (QED) is 0.183. The van der Waals surface area contributed by atoms with Crippen LogP contribution in [0.3, 0.4) is 0 Å². The average Bonchev–Trinajstić information content (AvgIpc) is 3.35. The van der Waals surface area contributed by atoms with Gasteiger partial charge in [-0.1, -0.05) is 59.3 Å². The van der Waals surface area contributed by atoms with E-state index < -0.39 is 0 Å². The molecule has 44 heavy (non-hydrogen) atoms. The molecule has 0 saturated heterocycles. The first kappa shape index (κ1) is 33.3. The Kier molecular flexibility index (Phi) is 11.7. The van der Waals surface area contributed by atoms with Crippen molar-refractivity contribution < 1.29 is 9.59 Å². The maximum absolute atomic E-state index is 11.4. The van der Waals surface area contributed by atoms with Gasteiger partial charge in [-0.25, -0.2) is 4.98 Å². The molecule has 2 aliphatic rings. The number of carbonyl (C=O) groups is 2. The number of benzene rings is 2. The Balaban J connectivity index is 0.000000209. The van der Waals surface area contributed by atoms with Crippen molar-refractivity contribution in [1.29, 1.82) is 0 Å². The van der Waals surface area contributed by atoms with Crippen molar-refractivity contribution in [3.8, 4) is 0 Å². The molecule has 1 heterocycles. The molecule has 0 radical (unpaired) electrons. The second-order valence-electron chi connectivity index (χ2n) is 13.5. The van der Waals surface area contributed by atoms with Crippen LogP contribution in [0.25, 0.3) is 11.0 Å². The number of nitrogens with one attached hydrogen (secondary N) is 3. The lowest BCUT2D eigenvalue weighted by molar-refractivity contribution is -0.115. The van der Waals surface area contributed by atoms with E-state index in [2.05, 4.69) is 47.4 Å². The number of nitrogens with two attached hydrogens (primary N) is 1. The smallest absolute Gasteiger partial charge is 0.221 e. The monoisotopic (exact) mass is 602 g/mol. The molecule has 240 valence electrons. The lowest BCUT2D eigenvalue weighted by Crippen LogP contribution is -2.24. The van der Waals surface area contributed by atoms with Gasteiger partial charge in [0, 0.05) is 43.7 Å².